The molecule has 1 aliphatic carbocycles. The van der Waals surface area contributed by atoms with E-state index in [4.69, 9.17) is 18.0 Å². The average molecular weight is 276 g/mol. The number of thiocarbonyl (C=S) groups is 1. The summed E-state index contributed by atoms with van der Waals surface area (Å²) in [6, 6.07) is 10.4. The van der Waals surface area contributed by atoms with Crippen molar-refractivity contribution in [2.45, 2.75) is 32.1 Å². The molecule has 2 nitrogen and oxygen atoms in total. The molecule has 1 atom stereocenters. The average Bonchev–Trinajstić information content (AvgIpc) is 2.37. The van der Waals surface area contributed by atoms with Crippen LogP contribution in [-0.4, -0.2) is 29.5 Å². The molecule has 1 aromatic carbocycles. The zero-order valence-electron chi connectivity index (χ0n) is 11.7. The normalized spacial score (nSPS) is 17.2. The largest absolute Gasteiger partial charge is 0.393 e. The Kier molecular flexibility index (Phi) is 5.34. The summed E-state index contributed by atoms with van der Waals surface area (Å²) >= 11 is 5.27. The van der Waals surface area contributed by atoms with E-state index in [2.05, 4.69) is 36.1 Å². The van der Waals surface area contributed by atoms with Crippen LogP contribution in [0.1, 0.15) is 37.7 Å². The zero-order chi connectivity index (χ0) is 13.7. The second kappa shape index (κ2) is 7.01. The highest BCUT2D eigenvalue weighted by molar-refractivity contribution is 7.80. The Hall–Kier alpha value is -0.930. The maximum atomic E-state index is 5.95. The van der Waals surface area contributed by atoms with Crippen LogP contribution in [0.25, 0.3) is 0 Å². The first-order chi connectivity index (χ1) is 9.20. The molecule has 2 rings (SSSR count). The van der Waals surface area contributed by atoms with Gasteiger partial charge in [0, 0.05) is 19.0 Å². The van der Waals surface area contributed by atoms with Crippen LogP contribution in [0, 0.1) is 5.92 Å². The molecule has 1 unspecified atom stereocenters. The van der Waals surface area contributed by atoms with Crippen molar-refractivity contribution < 1.29 is 0 Å². The molecular formula is C16H24N2S. The Morgan fingerprint density at radius 3 is 2.53 bits per heavy atom. The molecule has 19 heavy (non-hydrogen) atoms. The SMILES string of the molecule is CCN(CC1CCC1)CC(C(N)=S)c1ccccc1. The van der Waals surface area contributed by atoms with E-state index < -0.39 is 0 Å². The highest BCUT2D eigenvalue weighted by Gasteiger charge is 2.23. The van der Waals surface area contributed by atoms with Crippen LogP contribution in [0.5, 0.6) is 0 Å². The van der Waals surface area contributed by atoms with Gasteiger partial charge < -0.3 is 10.6 Å². The van der Waals surface area contributed by atoms with Gasteiger partial charge in [-0.1, -0.05) is 55.9 Å². The predicted octanol–water partition coefficient (Wildman–Crippen LogP) is 3.18. The number of hydrogen-bond donors (Lipinski definition) is 1. The summed E-state index contributed by atoms with van der Waals surface area (Å²) in [4.78, 5) is 3.11. The highest BCUT2D eigenvalue weighted by Crippen LogP contribution is 2.28. The molecule has 1 fully saturated rings. The van der Waals surface area contributed by atoms with E-state index in [0.29, 0.717) is 4.99 Å². The molecule has 1 aromatic rings. The van der Waals surface area contributed by atoms with Gasteiger partial charge in [0.2, 0.25) is 0 Å². The smallest absolute Gasteiger partial charge is 0.0816 e. The lowest BCUT2D eigenvalue weighted by atomic mass is 9.85. The standard InChI is InChI=1S/C16H24N2S/c1-2-18(11-13-7-6-8-13)12-15(16(17)19)14-9-4-3-5-10-14/h3-5,9-10,13,15H,2,6-8,11-12H2,1H3,(H2,17,19). The monoisotopic (exact) mass is 276 g/mol. The number of rotatable bonds is 7. The van der Waals surface area contributed by atoms with Crippen LogP contribution in [-0.2, 0) is 0 Å². The van der Waals surface area contributed by atoms with Gasteiger partial charge in [0.25, 0.3) is 0 Å². The van der Waals surface area contributed by atoms with E-state index in [0.717, 1.165) is 19.0 Å². The first-order valence-corrected chi connectivity index (χ1v) is 7.68. The van der Waals surface area contributed by atoms with Crippen LogP contribution in [0.4, 0.5) is 0 Å². The number of benzene rings is 1. The number of likely N-dealkylation sites (N-methyl/N-ethyl adjacent to an activating group) is 1. The van der Waals surface area contributed by atoms with Crippen LogP contribution in [0.2, 0.25) is 0 Å². The number of hydrogen-bond acceptors (Lipinski definition) is 2. The van der Waals surface area contributed by atoms with E-state index >= 15 is 0 Å². The zero-order valence-corrected chi connectivity index (χ0v) is 12.5. The van der Waals surface area contributed by atoms with Crippen molar-refractivity contribution in [3.05, 3.63) is 35.9 Å². The van der Waals surface area contributed by atoms with Gasteiger partial charge in [0.15, 0.2) is 0 Å². The van der Waals surface area contributed by atoms with Gasteiger partial charge in [0.1, 0.15) is 0 Å². The molecule has 0 aliphatic heterocycles. The Morgan fingerprint density at radius 1 is 1.37 bits per heavy atom. The Labute approximate surface area is 122 Å². The van der Waals surface area contributed by atoms with Crippen molar-refractivity contribution in [3.63, 3.8) is 0 Å². The van der Waals surface area contributed by atoms with Gasteiger partial charge in [-0.3, -0.25) is 0 Å². The lowest BCUT2D eigenvalue weighted by Gasteiger charge is -2.33. The minimum atomic E-state index is 0.177. The van der Waals surface area contributed by atoms with Crippen LogP contribution >= 0.6 is 12.2 Å². The molecule has 2 N–H and O–H groups in total. The van der Waals surface area contributed by atoms with Gasteiger partial charge in [0.05, 0.1) is 4.99 Å². The summed E-state index contributed by atoms with van der Waals surface area (Å²) in [5.74, 6) is 1.07. The summed E-state index contributed by atoms with van der Waals surface area (Å²) in [5, 5.41) is 0. The predicted molar refractivity (Wildman–Crippen MR) is 85.4 cm³/mol. The van der Waals surface area contributed by atoms with Gasteiger partial charge in [-0.2, -0.15) is 0 Å². The molecule has 1 saturated carbocycles. The Balaban J connectivity index is 2.00. The Bertz CT molecular complexity index is 400. The van der Waals surface area contributed by atoms with Crippen molar-refractivity contribution in [2.75, 3.05) is 19.6 Å². The summed E-state index contributed by atoms with van der Waals surface area (Å²) < 4.78 is 0. The lowest BCUT2D eigenvalue weighted by Crippen LogP contribution is -2.38. The fraction of sp³-hybridized carbons (Fsp3) is 0.562. The van der Waals surface area contributed by atoms with E-state index in [1.165, 1.54) is 31.4 Å². The van der Waals surface area contributed by atoms with Crippen molar-refractivity contribution in [1.29, 1.82) is 0 Å². The first kappa shape index (κ1) is 14.5. The summed E-state index contributed by atoms with van der Waals surface area (Å²) in [6.07, 6.45) is 4.18. The van der Waals surface area contributed by atoms with E-state index in [9.17, 15) is 0 Å². The van der Waals surface area contributed by atoms with Crippen molar-refractivity contribution in [2.24, 2.45) is 11.7 Å². The highest BCUT2D eigenvalue weighted by atomic mass is 32.1. The van der Waals surface area contributed by atoms with Gasteiger partial charge >= 0.3 is 0 Å². The minimum absolute atomic E-state index is 0.177. The molecule has 0 aromatic heterocycles. The van der Waals surface area contributed by atoms with Crippen LogP contribution in [0.15, 0.2) is 30.3 Å². The molecule has 0 saturated heterocycles. The lowest BCUT2D eigenvalue weighted by molar-refractivity contribution is 0.183. The third-order valence-electron chi connectivity index (χ3n) is 4.17. The molecule has 0 radical (unpaired) electrons. The molecule has 1 aliphatic rings. The fourth-order valence-corrected chi connectivity index (χ4v) is 2.89. The van der Waals surface area contributed by atoms with E-state index in [-0.39, 0.29) is 5.92 Å². The van der Waals surface area contributed by atoms with Gasteiger partial charge in [-0.25, -0.2) is 0 Å². The van der Waals surface area contributed by atoms with Crippen LogP contribution < -0.4 is 5.73 Å². The third-order valence-corrected chi connectivity index (χ3v) is 4.46. The van der Waals surface area contributed by atoms with Gasteiger partial charge in [-0.15, -0.1) is 0 Å². The van der Waals surface area contributed by atoms with Crippen LogP contribution in [0.3, 0.4) is 0 Å². The molecule has 0 amide bonds. The number of nitrogens with zero attached hydrogens (tertiary/aromatic N) is 1. The maximum Gasteiger partial charge on any atom is 0.0816 e. The fourth-order valence-electron chi connectivity index (χ4n) is 2.68. The molecule has 0 spiro atoms. The van der Waals surface area contributed by atoms with E-state index in [1.54, 1.807) is 0 Å². The molecule has 3 heteroatoms. The third kappa shape index (κ3) is 4.02. The van der Waals surface area contributed by atoms with E-state index in [1.807, 2.05) is 6.07 Å². The molecule has 0 bridgehead atoms. The Morgan fingerprint density at radius 2 is 2.05 bits per heavy atom. The van der Waals surface area contributed by atoms with Crippen molar-refractivity contribution in [1.82, 2.24) is 4.90 Å². The summed E-state index contributed by atoms with van der Waals surface area (Å²) in [5.41, 5.74) is 7.19. The van der Waals surface area contributed by atoms with Crippen molar-refractivity contribution in [3.8, 4) is 0 Å². The summed E-state index contributed by atoms with van der Waals surface area (Å²) in [7, 11) is 0. The van der Waals surface area contributed by atoms with Crippen molar-refractivity contribution >= 4 is 17.2 Å². The topological polar surface area (TPSA) is 29.3 Å². The second-order valence-corrected chi connectivity index (χ2v) is 5.99. The molecular weight excluding hydrogens is 252 g/mol. The maximum absolute atomic E-state index is 5.95. The molecule has 0 heterocycles. The summed E-state index contributed by atoms with van der Waals surface area (Å²) in [6.45, 7) is 5.44. The quantitative estimate of drug-likeness (QED) is 0.776. The minimum Gasteiger partial charge on any atom is -0.393 e. The second-order valence-electron chi connectivity index (χ2n) is 5.51. The first-order valence-electron chi connectivity index (χ1n) is 7.27. The van der Waals surface area contributed by atoms with Gasteiger partial charge in [-0.05, 0) is 30.9 Å². The molecule has 104 valence electrons. The number of nitrogens with two attached hydrogens (primary N) is 1.